The number of para-hydroxylation sites is 1. The lowest BCUT2D eigenvalue weighted by Crippen LogP contribution is -2.49. The second-order valence-electron chi connectivity index (χ2n) is 7.14. The predicted octanol–water partition coefficient (Wildman–Crippen LogP) is 2.72. The molecule has 1 aliphatic rings. The Kier molecular flexibility index (Phi) is 7.16. The van der Waals surface area contributed by atoms with Gasteiger partial charge < -0.3 is 9.64 Å². The molecule has 2 aromatic carbocycles. The van der Waals surface area contributed by atoms with E-state index >= 15 is 0 Å². The number of benzene rings is 2. The lowest BCUT2D eigenvalue weighted by molar-refractivity contribution is 0.0639. The van der Waals surface area contributed by atoms with Crippen LogP contribution in [0.15, 0.2) is 48.5 Å². The Morgan fingerprint density at radius 2 is 1.69 bits per heavy atom. The third-order valence-electron chi connectivity index (χ3n) is 4.90. The summed E-state index contributed by atoms with van der Waals surface area (Å²) in [6.45, 7) is 3.21. The third kappa shape index (κ3) is 6.19. The van der Waals surface area contributed by atoms with Gasteiger partial charge in [0.15, 0.2) is 0 Å². The SMILES string of the molecule is CS(=O)(=O)CCN1CCN(C(=O)c2ccccc2OCc2ccccc2Cl)CC1. The first-order chi connectivity index (χ1) is 13.8. The first kappa shape index (κ1) is 21.6. The minimum absolute atomic E-state index is 0.0810. The maximum atomic E-state index is 13.0. The number of sulfone groups is 1. The minimum Gasteiger partial charge on any atom is -0.488 e. The lowest BCUT2D eigenvalue weighted by Gasteiger charge is -2.34. The molecule has 0 aliphatic carbocycles. The highest BCUT2D eigenvalue weighted by Gasteiger charge is 2.24. The first-order valence-electron chi connectivity index (χ1n) is 9.48. The number of hydrogen-bond acceptors (Lipinski definition) is 5. The van der Waals surface area contributed by atoms with Gasteiger partial charge in [0.2, 0.25) is 0 Å². The minimum atomic E-state index is -2.98. The molecular formula is C21H25ClN2O4S. The van der Waals surface area contributed by atoms with Crippen molar-refractivity contribution in [1.82, 2.24) is 9.80 Å². The number of amides is 1. The maximum Gasteiger partial charge on any atom is 0.257 e. The number of piperazine rings is 1. The van der Waals surface area contributed by atoms with Crippen molar-refractivity contribution in [3.63, 3.8) is 0 Å². The summed E-state index contributed by atoms with van der Waals surface area (Å²) in [5.74, 6) is 0.582. The molecule has 0 N–H and O–H groups in total. The smallest absolute Gasteiger partial charge is 0.257 e. The topological polar surface area (TPSA) is 66.9 Å². The van der Waals surface area contributed by atoms with E-state index < -0.39 is 9.84 Å². The van der Waals surface area contributed by atoms with Gasteiger partial charge in [-0.25, -0.2) is 8.42 Å². The predicted molar refractivity (Wildman–Crippen MR) is 114 cm³/mol. The molecule has 1 saturated heterocycles. The Balaban J connectivity index is 1.61. The number of carbonyl (C=O) groups is 1. The summed E-state index contributed by atoms with van der Waals surface area (Å²) in [5, 5.41) is 0.626. The van der Waals surface area contributed by atoms with Gasteiger partial charge in [-0.15, -0.1) is 0 Å². The van der Waals surface area contributed by atoms with Crippen LogP contribution in [-0.2, 0) is 16.4 Å². The molecule has 3 rings (SSSR count). The zero-order valence-electron chi connectivity index (χ0n) is 16.4. The molecule has 0 aromatic heterocycles. The molecule has 0 atom stereocenters. The first-order valence-corrected chi connectivity index (χ1v) is 11.9. The Hall–Kier alpha value is -2.09. The van der Waals surface area contributed by atoms with Crippen LogP contribution < -0.4 is 4.74 Å². The third-order valence-corrected chi connectivity index (χ3v) is 6.19. The molecule has 0 radical (unpaired) electrons. The zero-order valence-corrected chi connectivity index (χ0v) is 18.0. The molecule has 1 amide bonds. The van der Waals surface area contributed by atoms with Gasteiger partial charge in [-0.3, -0.25) is 9.69 Å². The fourth-order valence-electron chi connectivity index (χ4n) is 3.18. The summed E-state index contributed by atoms with van der Waals surface area (Å²) in [6, 6.07) is 14.7. The highest BCUT2D eigenvalue weighted by Crippen LogP contribution is 2.23. The number of rotatable bonds is 7. The van der Waals surface area contributed by atoms with Crippen LogP contribution in [0.5, 0.6) is 5.75 Å². The van der Waals surface area contributed by atoms with E-state index in [0.717, 1.165) is 5.56 Å². The Bertz CT molecular complexity index is 957. The molecule has 0 bridgehead atoms. The molecule has 0 spiro atoms. The molecule has 8 heteroatoms. The summed E-state index contributed by atoms with van der Waals surface area (Å²) >= 11 is 6.18. The Labute approximate surface area is 176 Å². The van der Waals surface area contributed by atoms with E-state index in [1.54, 1.807) is 23.1 Å². The second-order valence-corrected chi connectivity index (χ2v) is 9.81. The molecule has 0 unspecified atom stereocenters. The van der Waals surface area contributed by atoms with Gasteiger partial charge in [0.1, 0.15) is 22.2 Å². The summed E-state index contributed by atoms with van der Waals surface area (Å²) in [5.41, 5.74) is 1.38. The van der Waals surface area contributed by atoms with Gasteiger partial charge in [-0.1, -0.05) is 41.9 Å². The molecule has 1 aliphatic heterocycles. The Morgan fingerprint density at radius 3 is 2.38 bits per heavy atom. The number of halogens is 1. The van der Waals surface area contributed by atoms with Crippen LogP contribution in [0.3, 0.4) is 0 Å². The monoisotopic (exact) mass is 436 g/mol. The van der Waals surface area contributed by atoms with E-state index in [-0.39, 0.29) is 18.3 Å². The maximum absolute atomic E-state index is 13.0. The molecule has 2 aromatic rings. The second kappa shape index (κ2) is 9.61. The van der Waals surface area contributed by atoms with Crippen LogP contribution in [0.2, 0.25) is 5.02 Å². The molecule has 1 fully saturated rings. The number of carbonyl (C=O) groups excluding carboxylic acids is 1. The van der Waals surface area contributed by atoms with Crippen LogP contribution in [0.1, 0.15) is 15.9 Å². The van der Waals surface area contributed by atoms with E-state index in [9.17, 15) is 13.2 Å². The molecule has 29 heavy (non-hydrogen) atoms. The summed E-state index contributed by atoms with van der Waals surface area (Å²) in [4.78, 5) is 16.9. The van der Waals surface area contributed by atoms with Crippen LogP contribution in [0.4, 0.5) is 0 Å². The molecular weight excluding hydrogens is 412 g/mol. The standard InChI is InChI=1S/C21H25ClN2O4S/c1-29(26,27)15-14-23-10-12-24(13-11-23)21(25)18-7-3-5-9-20(18)28-16-17-6-2-4-8-19(17)22/h2-9H,10-16H2,1H3. The van der Waals surface area contributed by atoms with E-state index in [2.05, 4.69) is 4.90 Å². The van der Waals surface area contributed by atoms with Crippen molar-refractivity contribution in [2.45, 2.75) is 6.61 Å². The van der Waals surface area contributed by atoms with Gasteiger partial charge in [0, 0.05) is 49.6 Å². The van der Waals surface area contributed by atoms with E-state index in [1.807, 2.05) is 30.3 Å². The average molecular weight is 437 g/mol. The highest BCUT2D eigenvalue weighted by atomic mass is 35.5. The van der Waals surface area contributed by atoms with Crippen molar-refractivity contribution in [2.75, 3.05) is 44.7 Å². The van der Waals surface area contributed by atoms with E-state index in [4.69, 9.17) is 16.3 Å². The zero-order chi connectivity index (χ0) is 20.9. The quantitative estimate of drug-likeness (QED) is 0.667. The van der Waals surface area contributed by atoms with E-state index in [0.29, 0.717) is 49.1 Å². The van der Waals surface area contributed by atoms with Crippen LogP contribution in [0, 0.1) is 0 Å². The number of hydrogen-bond donors (Lipinski definition) is 0. The van der Waals surface area contributed by atoms with Crippen molar-refractivity contribution >= 4 is 27.3 Å². The highest BCUT2D eigenvalue weighted by molar-refractivity contribution is 7.90. The van der Waals surface area contributed by atoms with Gasteiger partial charge in [0.25, 0.3) is 5.91 Å². The lowest BCUT2D eigenvalue weighted by atomic mass is 10.1. The van der Waals surface area contributed by atoms with Crippen molar-refractivity contribution in [3.8, 4) is 5.75 Å². The fraction of sp³-hybridized carbons (Fsp3) is 0.381. The Morgan fingerprint density at radius 1 is 1.03 bits per heavy atom. The van der Waals surface area contributed by atoms with Crippen molar-refractivity contribution < 1.29 is 17.9 Å². The average Bonchev–Trinajstić information content (AvgIpc) is 2.71. The van der Waals surface area contributed by atoms with Gasteiger partial charge >= 0.3 is 0 Å². The number of nitrogens with zero attached hydrogens (tertiary/aromatic N) is 2. The van der Waals surface area contributed by atoms with Crippen LogP contribution >= 0.6 is 11.6 Å². The summed E-state index contributed by atoms with van der Waals surface area (Å²) in [6.07, 6.45) is 1.24. The molecule has 1 heterocycles. The fourth-order valence-corrected chi connectivity index (χ4v) is 3.96. The van der Waals surface area contributed by atoms with Crippen LogP contribution in [-0.4, -0.2) is 68.9 Å². The van der Waals surface area contributed by atoms with Gasteiger partial charge in [-0.2, -0.15) is 0 Å². The van der Waals surface area contributed by atoms with Gasteiger partial charge in [-0.05, 0) is 18.2 Å². The normalized spacial score (nSPS) is 15.3. The van der Waals surface area contributed by atoms with Crippen molar-refractivity contribution in [1.29, 1.82) is 0 Å². The molecule has 156 valence electrons. The van der Waals surface area contributed by atoms with Gasteiger partial charge in [0.05, 0.1) is 11.3 Å². The van der Waals surface area contributed by atoms with Crippen LogP contribution in [0.25, 0.3) is 0 Å². The van der Waals surface area contributed by atoms with Crippen molar-refractivity contribution in [3.05, 3.63) is 64.7 Å². The summed E-state index contributed by atoms with van der Waals surface area (Å²) in [7, 11) is -2.98. The number of ether oxygens (including phenoxy) is 1. The molecule has 6 nitrogen and oxygen atoms in total. The summed E-state index contributed by atoms with van der Waals surface area (Å²) < 4.78 is 28.6. The van der Waals surface area contributed by atoms with E-state index in [1.165, 1.54) is 6.26 Å². The molecule has 0 saturated carbocycles. The largest absolute Gasteiger partial charge is 0.488 e. The van der Waals surface area contributed by atoms with Crippen molar-refractivity contribution in [2.24, 2.45) is 0 Å².